The lowest BCUT2D eigenvalue weighted by atomic mass is 9.98. The van der Waals surface area contributed by atoms with Crippen molar-refractivity contribution < 1.29 is 0 Å². The van der Waals surface area contributed by atoms with E-state index < -0.39 is 0 Å². The van der Waals surface area contributed by atoms with Crippen LogP contribution in [0.25, 0.3) is 0 Å². The Morgan fingerprint density at radius 3 is 2.31 bits per heavy atom. The molecule has 1 aliphatic rings. The standard InChI is InChI=1S/C14H30N2/c1-12(2)9-15-10-14(4)11-16-7-5-13(3)6-8-16/h12-15H,5-11H2,1-4H3. The Balaban J connectivity index is 2.07. The largest absolute Gasteiger partial charge is 0.316 e. The summed E-state index contributed by atoms with van der Waals surface area (Å²) in [6.45, 7) is 15.5. The van der Waals surface area contributed by atoms with Crippen LogP contribution in [0.1, 0.15) is 40.5 Å². The molecule has 0 aliphatic carbocycles. The van der Waals surface area contributed by atoms with Gasteiger partial charge in [0.05, 0.1) is 0 Å². The highest BCUT2D eigenvalue weighted by Gasteiger charge is 2.17. The lowest BCUT2D eigenvalue weighted by Gasteiger charge is -2.32. The van der Waals surface area contributed by atoms with Crippen LogP contribution in [-0.2, 0) is 0 Å². The highest BCUT2D eigenvalue weighted by molar-refractivity contribution is 4.72. The van der Waals surface area contributed by atoms with E-state index in [4.69, 9.17) is 0 Å². The quantitative estimate of drug-likeness (QED) is 0.749. The summed E-state index contributed by atoms with van der Waals surface area (Å²) < 4.78 is 0. The fraction of sp³-hybridized carbons (Fsp3) is 1.00. The Morgan fingerprint density at radius 1 is 1.12 bits per heavy atom. The van der Waals surface area contributed by atoms with Gasteiger partial charge in [-0.1, -0.05) is 27.7 Å². The molecule has 16 heavy (non-hydrogen) atoms. The molecule has 1 fully saturated rings. The van der Waals surface area contributed by atoms with Crippen LogP contribution in [0.15, 0.2) is 0 Å². The van der Waals surface area contributed by atoms with Crippen LogP contribution in [-0.4, -0.2) is 37.6 Å². The van der Waals surface area contributed by atoms with Gasteiger partial charge in [-0.2, -0.15) is 0 Å². The first-order valence-corrected chi connectivity index (χ1v) is 7.01. The van der Waals surface area contributed by atoms with Gasteiger partial charge >= 0.3 is 0 Å². The smallest absolute Gasteiger partial charge is 0.00191 e. The summed E-state index contributed by atoms with van der Waals surface area (Å²) in [7, 11) is 0. The maximum absolute atomic E-state index is 3.56. The second kappa shape index (κ2) is 7.29. The molecule has 0 bridgehead atoms. The first-order valence-electron chi connectivity index (χ1n) is 7.01. The predicted molar refractivity (Wildman–Crippen MR) is 71.7 cm³/mol. The lowest BCUT2D eigenvalue weighted by molar-refractivity contribution is 0.169. The molecule has 1 saturated heterocycles. The molecule has 0 aromatic rings. The number of nitrogens with one attached hydrogen (secondary N) is 1. The Morgan fingerprint density at radius 2 is 1.75 bits per heavy atom. The monoisotopic (exact) mass is 226 g/mol. The molecule has 2 heteroatoms. The summed E-state index contributed by atoms with van der Waals surface area (Å²) >= 11 is 0. The Hall–Kier alpha value is -0.0800. The van der Waals surface area contributed by atoms with Gasteiger partial charge in [0.25, 0.3) is 0 Å². The maximum atomic E-state index is 3.56. The fourth-order valence-electron chi connectivity index (χ4n) is 2.37. The summed E-state index contributed by atoms with van der Waals surface area (Å²) in [5.74, 6) is 2.50. The van der Waals surface area contributed by atoms with E-state index in [9.17, 15) is 0 Å². The second-order valence-corrected chi connectivity index (χ2v) is 6.14. The number of nitrogens with zero attached hydrogens (tertiary/aromatic N) is 1. The van der Waals surface area contributed by atoms with E-state index in [-0.39, 0.29) is 0 Å². The van der Waals surface area contributed by atoms with E-state index in [1.165, 1.54) is 39.0 Å². The second-order valence-electron chi connectivity index (χ2n) is 6.14. The number of rotatable bonds is 6. The van der Waals surface area contributed by atoms with E-state index in [2.05, 4.69) is 37.9 Å². The van der Waals surface area contributed by atoms with Crippen molar-refractivity contribution in [1.82, 2.24) is 10.2 Å². The molecule has 0 spiro atoms. The number of likely N-dealkylation sites (tertiary alicyclic amines) is 1. The van der Waals surface area contributed by atoms with Crippen molar-refractivity contribution in [3.05, 3.63) is 0 Å². The van der Waals surface area contributed by atoms with Crippen molar-refractivity contribution in [2.75, 3.05) is 32.7 Å². The summed E-state index contributed by atoms with van der Waals surface area (Å²) in [5.41, 5.74) is 0. The van der Waals surface area contributed by atoms with E-state index in [1.54, 1.807) is 0 Å². The minimum Gasteiger partial charge on any atom is -0.316 e. The van der Waals surface area contributed by atoms with Gasteiger partial charge in [0, 0.05) is 6.54 Å². The number of hydrogen-bond acceptors (Lipinski definition) is 2. The molecule has 1 unspecified atom stereocenters. The van der Waals surface area contributed by atoms with Gasteiger partial charge in [-0.05, 0) is 56.8 Å². The zero-order valence-corrected chi connectivity index (χ0v) is 11.6. The predicted octanol–water partition coefficient (Wildman–Crippen LogP) is 2.60. The molecular weight excluding hydrogens is 196 g/mol. The molecule has 0 saturated carbocycles. The van der Waals surface area contributed by atoms with Crippen LogP contribution in [0.3, 0.4) is 0 Å². The van der Waals surface area contributed by atoms with Crippen LogP contribution >= 0.6 is 0 Å². The van der Waals surface area contributed by atoms with Gasteiger partial charge < -0.3 is 10.2 Å². The average Bonchev–Trinajstić information content (AvgIpc) is 2.21. The first kappa shape index (κ1) is 14.0. The summed E-state index contributed by atoms with van der Waals surface area (Å²) in [6.07, 6.45) is 2.79. The number of hydrogen-bond donors (Lipinski definition) is 1. The third-order valence-corrected chi connectivity index (χ3v) is 3.49. The molecule has 0 radical (unpaired) electrons. The topological polar surface area (TPSA) is 15.3 Å². The first-order chi connectivity index (χ1) is 7.58. The van der Waals surface area contributed by atoms with Gasteiger partial charge in [-0.3, -0.25) is 0 Å². The zero-order valence-electron chi connectivity index (χ0n) is 11.6. The average molecular weight is 226 g/mol. The van der Waals surface area contributed by atoms with Crippen LogP contribution in [0.5, 0.6) is 0 Å². The van der Waals surface area contributed by atoms with Gasteiger partial charge in [-0.15, -0.1) is 0 Å². The van der Waals surface area contributed by atoms with Crippen LogP contribution < -0.4 is 5.32 Å². The summed E-state index contributed by atoms with van der Waals surface area (Å²) in [5, 5.41) is 3.56. The molecule has 0 amide bonds. The Bertz CT molecular complexity index is 172. The Labute approximate surface area is 102 Å². The molecule has 0 aromatic carbocycles. The molecule has 1 atom stereocenters. The van der Waals surface area contributed by atoms with Crippen molar-refractivity contribution >= 4 is 0 Å². The van der Waals surface area contributed by atoms with E-state index in [0.717, 1.165) is 24.3 Å². The molecule has 1 N–H and O–H groups in total. The van der Waals surface area contributed by atoms with E-state index in [0.29, 0.717) is 0 Å². The highest BCUT2D eigenvalue weighted by atomic mass is 15.1. The highest BCUT2D eigenvalue weighted by Crippen LogP contribution is 2.16. The maximum Gasteiger partial charge on any atom is 0.00191 e. The molecule has 1 heterocycles. The molecule has 2 nitrogen and oxygen atoms in total. The van der Waals surface area contributed by atoms with Crippen LogP contribution in [0.4, 0.5) is 0 Å². The van der Waals surface area contributed by atoms with Crippen molar-refractivity contribution in [2.45, 2.75) is 40.5 Å². The lowest BCUT2D eigenvalue weighted by Crippen LogP contribution is -2.38. The third kappa shape index (κ3) is 5.86. The van der Waals surface area contributed by atoms with Crippen molar-refractivity contribution in [2.24, 2.45) is 17.8 Å². The minimum atomic E-state index is 0.767. The summed E-state index contributed by atoms with van der Waals surface area (Å²) in [6, 6.07) is 0. The summed E-state index contributed by atoms with van der Waals surface area (Å²) in [4.78, 5) is 2.64. The Kier molecular flexibility index (Phi) is 6.37. The van der Waals surface area contributed by atoms with Crippen LogP contribution in [0, 0.1) is 17.8 Å². The van der Waals surface area contributed by atoms with Crippen molar-refractivity contribution in [3.63, 3.8) is 0 Å². The van der Waals surface area contributed by atoms with E-state index in [1.807, 2.05) is 0 Å². The third-order valence-electron chi connectivity index (χ3n) is 3.49. The minimum absolute atomic E-state index is 0.767. The zero-order chi connectivity index (χ0) is 12.0. The number of piperidine rings is 1. The van der Waals surface area contributed by atoms with Crippen molar-refractivity contribution in [3.8, 4) is 0 Å². The SMILES string of the molecule is CC(C)CNCC(C)CN1CCC(C)CC1. The van der Waals surface area contributed by atoms with E-state index >= 15 is 0 Å². The molecular formula is C14H30N2. The molecule has 96 valence electrons. The molecule has 1 rings (SSSR count). The normalized spacial score (nSPS) is 21.6. The molecule has 0 aromatic heterocycles. The molecule has 1 aliphatic heterocycles. The van der Waals surface area contributed by atoms with Gasteiger partial charge in [0.2, 0.25) is 0 Å². The van der Waals surface area contributed by atoms with Crippen LogP contribution in [0.2, 0.25) is 0 Å². The van der Waals surface area contributed by atoms with Gasteiger partial charge in [0.1, 0.15) is 0 Å². The van der Waals surface area contributed by atoms with Gasteiger partial charge in [-0.25, -0.2) is 0 Å². The van der Waals surface area contributed by atoms with Gasteiger partial charge in [0.15, 0.2) is 0 Å². The van der Waals surface area contributed by atoms with Crippen molar-refractivity contribution in [1.29, 1.82) is 0 Å². The fourth-order valence-corrected chi connectivity index (χ4v) is 2.37.